The number of hydrogen-bond donors (Lipinski definition) is 3. The van der Waals surface area contributed by atoms with E-state index >= 15 is 0 Å². The molecular weight excluding hydrogens is 202 g/mol. The van der Waals surface area contributed by atoms with Crippen LogP contribution < -0.4 is 5.73 Å². The predicted octanol–water partition coefficient (Wildman–Crippen LogP) is 1.58. The lowest BCUT2D eigenvalue weighted by molar-refractivity contribution is 0.195. The molecule has 0 bridgehead atoms. The van der Waals surface area contributed by atoms with E-state index in [-0.39, 0.29) is 6.10 Å². The number of aromatic amines is 1. The Morgan fingerprint density at radius 3 is 2.88 bits per heavy atom. The van der Waals surface area contributed by atoms with E-state index < -0.39 is 0 Å². The van der Waals surface area contributed by atoms with Gasteiger partial charge in [-0.25, -0.2) is 0 Å². The first-order valence-corrected chi connectivity index (χ1v) is 5.23. The van der Waals surface area contributed by atoms with Gasteiger partial charge in [-0.05, 0) is 30.5 Å². The minimum atomic E-state index is -0.331. The van der Waals surface area contributed by atoms with Crippen LogP contribution in [0.3, 0.4) is 0 Å². The lowest BCUT2D eigenvalue weighted by Gasteiger charge is -2.05. The number of aliphatic hydroxyl groups is 1. The maximum absolute atomic E-state index is 9.33. The first-order chi connectivity index (χ1) is 7.65. The molecule has 0 saturated carbocycles. The second-order valence-corrected chi connectivity index (χ2v) is 3.96. The molecule has 0 spiro atoms. The highest BCUT2D eigenvalue weighted by molar-refractivity contribution is 5.62. The molecule has 0 aliphatic carbocycles. The standard InChI is InChI=1S/C12H15N3O/c1-8(16)5-9-3-2-4-10(6-9)11-7-12(13)15-14-11/h2-4,6-8,16H,5H2,1H3,(H3,13,14,15). The first kappa shape index (κ1) is 10.7. The number of nitrogens with zero attached hydrogens (tertiary/aromatic N) is 1. The molecular formula is C12H15N3O. The Balaban J connectivity index is 2.28. The van der Waals surface area contributed by atoms with Gasteiger partial charge in [-0.3, -0.25) is 5.10 Å². The molecule has 0 aliphatic heterocycles. The SMILES string of the molecule is CC(O)Cc1cccc(-c2cc(N)n[nH]2)c1. The van der Waals surface area contributed by atoms with Gasteiger partial charge in [-0.15, -0.1) is 0 Å². The van der Waals surface area contributed by atoms with Crippen LogP contribution in [0, 0.1) is 0 Å². The lowest BCUT2D eigenvalue weighted by atomic mass is 10.0. The second-order valence-electron chi connectivity index (χ2n) is 3.96. The number of nitrogens with one attached hydrogen (secondary N) is 1. The third kappa shape index (κ3) is 2.41. The summed E-state index contributed by atoms with van der Waals surface area (Å²) < 4.78 is 0. The minimum Gasteiger partial charge on any atom is -0.393 e. The average molecular weight is 217 g/mol. The number of nitrogens with two attached hydrogens (primary N) is 1. The van der Waals surface area contributed by atoms with Gasteiger partial charge in [-0.1, -0.05) is 18.2 Å². The van der Waals surface area contributed by atoms with Crippen molar-refractivity contribution in [3.8, 4) is 11.3 Å². The number of anilines is 1. The Bertz CT molecular complexity index is 477. The zero-order chi connectivity index (χ0) is 11.5. The molecule has 1 aromatic carbocycles. The molecule has 4 nitrogen and oxygen atoms in total. The molecule has 0 saturated heterocycles. The van der Waals surface area contributed by atoms with Gasteiger partial charge in [0.2, 0.25) is 0 Å². The van der Waals surface area contributed by atoms with Crippen LogP contribution in [0.1, 0.15) is 12.5 Å². The topological polar surface area (TPSA) is 74.9 Å². The molecule has 1 heterocycles. The summed E-state index contributed by atoms with van der Waals surface area (Å²) >= 11 is 0. The molecule has 4 heteroatoms. The number of rotatable bonds is 3. The fourth-order valence-corrected chi connectivity index (χ4v) is 1.69. The van der Waals surface area contributed by atoms with E-state index in [1.807, 2.05) is 24.3 Å². The van der Waals surface area contributed by atoms with E-state index in [2.05, 4.69) is 10.2 Å². The monoisotopic (exact) mass is 217 g/mol. The summed E-state index contributed by atoms with van der Waals surface area (Å²) in [6.07, 6.45) is 0.319. The van der Waals surface area contributed by atoms with Crippen molar-refractivity contribution in [3.05, 3.63) is 35.9 Å². The summed E-state index contributed by atoms with van der Waals surface area (Å²) in [4.78, 5) is 0. The third-order valence-corrected chi connectivity index (χ3v) is 2.37. The Hall–Kier alpha value is -1.81. The predicted molar refractivity (Wildman–Crippen MR) is 63.8 cm³/mol. The van der Waals surface area contributed by atoms with Crippen molar-refractivity contribution in [1.82, 2.24) is 10.2 Å². The van der Waals surface area contributed by atoms with Crippen LogP contribution in [-0.4, -0.2) is 21.4 Å². The van der Waals surface area contributed by atoms with E-state index in [4.69, 9.17) is 5.73 Å². The molecule has 0 aliphatic rings. The zero-order valence-electron chi connectivity index (χ0n) is 9.14. The summed E-state index contributed by atoms with van der Waals surface area (Å²) in [6, 6.07) is 9.76. The van der Waals surface area contributed by atoms with Crippen molar-refractivity contribution in [3.63, 3.8) is 0 Å². The molecule has 0 fully saturated rings. The lowest BCUT2D eigenvalue weighted by Crippen LogP contribution is -2.03. The van der Waals surface area contributed by atoms with Crippen LogP contribution in [0.2, 0.25) is 0 Å². The Labute approximate surface area is 94.1 Å². The summed E-state index contributed by atoms with van der Waals surface area (Å²) in [6.45, 7) is 1.78. The van der Waals surface area contributed by atoms with Gasteiger partial charge >= 0.3 is 0 Å². The number of hydrogen-bond acceptors (Lipinski definition) is 3. The van der Waals surface area contributed by atoms with Crippen LogP contribution in [0.5, 0.6) is 0 Å². The number of aromatic nitrogens is 2. The highest BCUT2D eigenvalue weighted by atomic mass is 16.3. The smallest absolute Gasteiger partial charge is 0.145 e. The number of aliphatic hydroxyl groups excluding tert-OH is 1. The van der Waals surface area contributed by atoms with Gasteiger partial charge in [0.05, 0.1) is 11.8 Å². The van der Waals surface area contributed by atoms with Crippen LogP contribution in [-0.2, 0) is 6.42 Å². The molecule has 84 valence electrons. The first-order valence-electron chi connectivity index (χ1n) is 5.23. The van der Waals surface area contributed by atoms with E-state index in [1.165, 1.54) is 0 Å². The molecule has 1 unspecified atom stereocenters. The fraction of sp³-hybridized carbons (Fsp3) is 0.250. The molecule has 4 N–H and O–H groups in total. The normalized spacial score (nSPS) is 12.6. The molecule has 1 atom stereocenters. The molecule has 1 aromatic heterocycles. The Kier molecular flexibility index (Phi) is 2.92. The van der Waals surface area contributed by atoms with Gasteiger partial charge < -0.3 is 10.8 Å². The molecule has 0 radical (unpaired) electrons. The number of H-pyrrole nitrogens is 1. The third-order valence-electron chi connectivity index (χ3n) is 2.37. The summed E-state index contributed by atoms with van der Waals surface area (Å²) in [5.74, 6) is 0.482. The summed E-state index contributed by atoms with van der Waals surface area (Å²) in [5.41, 5.74) is 8.57. The number of benzene rings is 1. The highest BCUT2D eigenvalue weighted by Crippen LogP contribution is 2.20. The van der Waals surface area contributed by atoms with Crippen LogP contribution in [0.25, 0.3) is 11.3 Å². The average Bonchev–Trinajstić information content (AvgIpc) is 2.64. The number of nitrogen functional groups attached to an aromatic ring is 1. The Morgan fingerprint density at radius 2 is 2.25 bits per heavy atom. The molecule has 16 heavy (non-hydrogen) atoms. The van der Waals surface area contributed by atoms with Crippen molar-refractivity contribution in [2.45, 2.75) is 19.4 Å². The highest BCUT2D eigenvalue weighted by Gasteiger charge is 2.04. The summed E-state index contributed by atoms with van der Waals surface area (Å²) in [5, 5.41) is 16.1. The van der Waals surface area contributed by atoms with Gasteiger partial charge in [0.15, 0.2) is 0 Å². The summed E-state index contributed by atoms with van der Waals surface area (Å²) in [7, 11) is 0. The van der Waals surface area contributed by atoms with Crippen LogP contribution >= 0.6 is 0 Å². The Morgan fingerprint density at radius 1 is 1.44 bits per heavy atom. The maximum atomic E-state index is 9.33. The fourth-order valence-electron chi connectivity index (χ4n) is 1.69. The van der Waals surface area contributed by atoms with Gasteiger partial charge in [0, 0.05) is 6.07 Å². The van der Waals surface area contributed by atoms with E-state index in [0.29, 0.717) is 12.2 Å². The van der Waals surface area contributed by atoms with E-state index in [0.717, 1.165) is 16.8 Å². The van der Waals surface area contributed by atoms with E-state index in [1.54, 1.807) is 13.0 Å². The van der Waals surface area contributed by atoms with Crippen LogP contribution in [0.4, 0.5) is 5.82 Å². The van der Waals surface area contributed by atoms with Gasteiger partial charge in [0.25, 0.3) is 0 Å². The minimum absolute atomic E-state index is 0.331. The van der Waals surface area contributed by atoms with Crippen molar-refractivity contribution >= 4 is 5.82 Å². The van der Waals surface area contributed by atoms with Crippen molar-refractivity contribution in [2.24, 2.45) is 0 Å². The zero-order valence-corrected chi connectivity index (χ0v) is 9.14. The van der Waals surface area contributed by atoms with Crippen LogP contribution in [0.15, 0.2) is 30.3 Å². The second kappa shape index (κ2) is 4.37. The van der Waals surface area contributed by atoms with Crippen molar-refractivity contribution in [1.29, 1.82) is 0 Å². The van der Waals surface area contributed by atoms with Crippen molar-refractivity contribution in [2.75, 3.05) is 5.73 Å². The van der Waals surface area contributed by atoms with E-state index in [9.17, 15) is 5.11 Å². The quantitative estimate of drug-likeness (QED) is 0.730. The van der Waals surface area contributed by atoms with Gasteiger partial charge in [0.1, 0.15) is 5.82 Å². The largest absolute Gasteiger partial charge is 0.393 e. The molecule has 2 aromatic rings. The molecule has 2 rings (SSSR count). The van der Waals surface area contributed by atoms with Gasteiger partial charge in [-0.2, -0.15) is 5.10 Å². The van der Waals surface area contributed by atoms with Crippen molar-refractivity contribution < 1.29 is 5.11 Å². The molecule has 0 amide bonds. The maximum Gasteiger partial charge on any atom is 0.145 e.